The van der Waals surface area contributed by atoms with Crippen molar-refractivity contribution >= 4 is 46.6 Å². The van der Waals surface area contributed by atoms with E-state index < -0.39 is 11.9 Å². The fourth-order valence-electron chi connectivity index (χ4n) is 4.45. The maximum Gasteiger partial charge on any atom is 0.274 e. The Morgan fingerprint density at radius 2 is 2.00 bits per heavy atom. The molecule has 1 unspecified atom stereocenters. The summed E-state index contributed by atoms with van der Waals surface area (Å²) in [6.07, 6.45) is 5.13. The molecule has 2 aromatic carbocycles. The smallest absolute Gasteiger partial charge is 0.274 e. The van der Waals surface area contributed by atoms with Gasteiger partial charge in [-0.15, -0.1) is 11.3 Å². The lowest BCUT2D eigenvalue weighted by molar-refractivity contribution is 0.0931. The molecule has 3 N–H and O–H groups in total. The van der Waals surface area contributed by atoms with Crippen molar-refractivity contribution in [2.75, 3.05) is 5.73 Å². The van der Waals surface area contributed by atoms with Gasteiger partial charge in [-0.25, -0.2) is 9.66 Å². The van der Waals surface area contributed by atoms with Gasteiger partial charge >= 0.3 is 0 Å². The van der Waals surface area contributed by atoms with E-state index in [1.54, 1.807) is 35.4 Å². The first-order valence-electron chi connectivity index (χ1n) is 12.4. The summed E-state index contributed by atoms with van der Waals surface area (Å²) in [6, 6.07) is 16.1. The lowest BCUT2D eigenvalue weighted by Crippen LogP contribution is -2.33. The van der Waals surface area contributed by atoms with Gasteiger partial charge in [0.15, 0.2) is 17.3 Å². The van der Waals surface area contributed by atoms with Crippen LogP contribution >= 0.6 is 11.3 Å². The zero-order chi connectivity index (χ0) is 28.2. The molecule has 9 nitrogen and oxygen atoms in total. The topological polar surface area (TPSA) is 120 Å². The summed E-state index contributed by atoms with van der Waals surface area (Å²) >= 11 is 1.43. The molecule has 0 bridgehead atoms. The number of nitrogens with one attached hydrogen (secondary N) is 1. The first-order chi connectivity index (χ1) is 19.4. The number of carbonyl (C=O) groups excluding carboxylic acids is 1. The molecule has 0 aliphatic heterocycles. The number of aromatic nitrogens is 4. The number of para-hydroxylation sites is 1. The van der Waals surface area contributed by atoms with Crippen molar-refractivity contribution in [3.8, 4) is 17.5 Å². The van der Waals surface area contributed by atoms with Crippen molar-refractivity contribution < 1.29 is 4.79 Å². The average Bonchev–Trinajstić information content (AvgIpc) is 3.59. The van der Waals surface area contributed by atoms with E-state index in [1.165, 1.54) is 16.0 Å². The third kappa shape index (κ3) is 4.93. The van der Waals surface area contributed by atoms with Gasteiger partial charge in [-0.05, 0) is 55.5 Å². The Hall–Kier alpha value is -5.27. The first-order valence-corrected chi connectivity index (χ1v) is 13.2. The molecule has 40 heavy (non-hydrogen) atoms. The summed E-state index contributed by atoms with van der Waals surface area (Å²) in [5.41, 5.74) is 9.44. The molecule has 0 spiro atoms. The van der Waals surface area contributed by atoms with Gasteiger partial charge in [-0.3, -0.25) is 19.1 Å². The van der Waals surface area contributed by atoms with Crippen LogP contribution in [0.3, 0.4) is 0 Å². The minimum Gasteiger partial charge on any atom is -0.382 e. The van der Waals surface area contributed by atoms with E-state index in [2.05, 4.69) is 38.9 Å². The molecule has 0 saturated carbocycles. The summed E-state index contributed by atoms with van der Waals surface area (Å²) < 4.78 is 2.89. The van der Waals surface area contributed by atoms with E-state index in [0.717, 1.165) is 4.88 Å². The fourth-order valence-corrected chi connectivity index (χ4v) is 4.92. The van der Waals surface area contributed by atoms with Crippen molar-refractivity contribution in [1.82, 2.24) is 24.5 Å². The molecule has 3 aromatic heterocycles. The van der Waals surface area contributed by atoms with Gasteiger partial charge in [0.05, 0.1) is 28.0 Å². The highest BCUT2D eigenvalue weighted by atomic mass is 32.1. The quantitative estimate of drug-likeness (QED) is 0.238. The van der Waals surface area contributed by atoms with Crippen LogP contribution in [0.2, 0.25) is 0 Å². The number of carbonyl (C=O) groups is 1. The van der Waals surface area contributed by atoms with E-state index in [-0.39, 0.29) is 17.1 Å². The number of nitrogen functional groups attached to an aromatic ring is 1. The number of nitrogens with two attached hydrogens (primary N) is 1. The second-order valence-electron chi connectivity index (χ2n) is 8.78. The Balaban J connectivity index is 1.64. The molecular weight excluding hydrogens is 522 g/mol. The molecule has 1 amide bonds. The summed E-state index contributed by atoms with van der Waals surface area (Å²) in [7, 11) is 0. The molecule has 0 saturated heterocycles. The molecule has 5 aromatic rings. The van der Waals surface area contributed by atoms with Crippen LogP contribution in [-0.2, 0) is 0 Å². The Bertz CT molecular complexity index is 1870. The second kappa shape index (κ2) is 11.2. The number of imidazole rings is 1. The van der Waals surface area contributed by atoms with Crippen LogP contribution in [0, 0.1) is 11.8 Å². The number of pyridine rings is 1. The first kappa shape index (κ1) is 26.3. The highest BCUT2D eigenvalue weighted by molar-refractivity contribution is 7.10. The molecule has 1 atom stereocenters. The van der Waals surface area contributed by atoms with E-state index >= 15 is 0 Å². The van der Waals surface area contributed by atoms with Gasteiger partial charge in [-0.1, -0.05) is 42.3 Å². The van der Waals surface area contributed by atoms with Crippen LogP contribution in [0.4, 0.5) is 5.82 Å². The van der Waals surface area contributed by atoms with Crippen LogP contribution in [0.15, 0.2) is 82.3 Å². The lowest BCUT2D eigenvalue weighted by Gasteiger charge is -2.21. The van der Waals surface area contributed by atoms with Gasteiger partial charge in [-0.2, -0.15) is 5.10 Å². The number of allylic oxidation sites excluding steroid dienone is 1. The normalized spacial score (nSPS) is 11.8. The number of hydrogen-bond donors (Lipinski definition) is 2. The van der Waals surface area contributed by atoms with Crippen LogP contribution in [0.25, 0.3) is 22.5 Å². The van der Waals surface area contributed by atoms with Gasteiger partial charge < -0.3 is 11.1 Å². The minimum absolute atomic E-state index is 0.0216. The highest BCUT2D eigenvalue weighted by Crippen LogP contribution is 2.24. The summed E-state index contributed by atoms with van der Waals surface area (Å²) in [6.45, 7) is 7.17. The SMILES string of the molecule is C=Nn1c(/C=C\C)nc(N)c1C(=O)NC(C)c1cc2cccc(C#Cc3cncs3)c2c(=O)n1-c1ccccc1. The number of rotatable bonds is 6. The Kier molecular flexibility index (Phi) is 7.39. The maximum atomic E-state index is 14.1. The van der Waals surface area contributed by atoms with Gasteiger partial charge in [0.25, 0.3) is 11.5 Å². The molecule has 0 fully saturated rings. The molecule has 198 valence electrons. The second-order valence-corrected chi connectivity index (χ2v) is 9.67. The van der Waals surface area contributed by atoms with Crippen LogP contribution in [0.1, 0.15) is 52.3 Å². The zero-order valence-electron chi connectivity index (χ0n) is 21.8. The van der Waals surface area contributed by atoms with Crippen molar-refractivity contribution in [2.24, 2.45) is 5.10 Å². The molecule has 10 heteroatoms. The maximum absolute atomic E-state index is 14.1. The van der Waals surface area contributed by atoms with Crippen molar-refractivity contribution in [2.45, 2.75) is 19.9 Å². The lowest BCUT2D eigenvalue weighted by atomic mass is 10.0. The van der Waals surface area contributed by atoms with Gasteiger partial charge in [0.2, 0.25) is 0 Å². The van der Waals surface area contributed by atoms with E-state index in [9.17, 15) is 9.59 Å². The summed E-state index contributed by atoms with van der Waals surface area (Å²) in [5.74, 6) is 6.13. The number of nitrogens with zero attached hydrogens (tertiary/aromatic N) is 5. The van der Waals surface area contributed by atoms with Crippen LogP contribution < -0.4 is 16.6 Å². The van der Waals surface area contributed by atoms with Crippen molar-refractivity contribution in [1.29, 1.82) is 0 Å². The Morgan fingerprint density at radius 1 is 1.20 bits per heavy atom. The standard InChI is InChI=1S/C30H25N7O2S/c1-4-9-25-35-28(31)27(37(25)32-3)29(38)34-19(2)24-16-21-11-8-10-20(14-15-23-17-33-18-40-23)26(21)30(39)36(24)22-12-6-5-7-13-22/h4-13,16-19H,3,31H2,1-2H3,(H,34,38)/b9-4-. The van der Waals surface area contributed by atoms with Crippen molar-refractivity contribution in [3.05, 3.63) is 110 Å². The zero-order valence-corrected chi connectivity index (χ0v) is 22.6. The Labute approximate surface area is 234 Å². The third-order valence-electron chi connectivity index (χ3n) is 6.21. The predicted octanol–water partition coefficient (Wildman–Crippen LogP) is 4.61. The fraction of sp³-hybridized carbons (Fsp3) is 0.100. The predicted molar refractivity (Wildman–Crippen MR) is 160 cm³/mol. The number of thiazole rings is 1. The summed E-state index contributed by atoms with van der Waals surface area (Å²) in [5, 5.41) is 8.07. The number of amides is 1. The highest BCUT2D eigenvalue weighted by Gasteiger charge is 2.24. The van der Waals surface area contributed by atoms with E-state index in [1.807, 2.05) is 61.5 Å². The van der Waals surface area contributed by atoms with E-state index in [4.69, 9.17) is 5.73 Å². The number of fused-ring (bicyclic) bond motifs is 1. The summed E-state index contributed by atoms with van der Waals surface area (Å²) in [4.78, 5) is 36.6. The third-order valence-corrected chi connectivity index (χ3v) is 6.90. The van der Waals surface area contributed by atoms with E-state index in [0.29, 0.717) is 33.5 Å². The number of benzene rings is 2. The molecule has 3 heterocycles. The molecule has 5 rings (SSSR count). The van der Waals surface area contributed by atoms with Gasteiger partial charge in [0, 0.05) is 23.7 Å². The monoisotopic (exact) mass is 547 g/mol. The Morgan fingerprint density at radius 3 is 2.70 bits per heavy atom. The molecule has 0 aliphatic rings. The molecular formula is C30H25N7O2S. The largest absolute Gasteiger partial charge is 0.382 e. The number of hydrogen-bond acceptors (Lipinski definition) is 7. The molecule has 0 aliphatic carbocycles. The number of anilines is 1. The van der Waals surface area contributed by atoms with Crippen LogP contribution in [-0.4, -0.2) is 31.8 Å². The van der Waals surface area contributed by atoms with Crippen molar-refractivity contribution in [3.63, 3.8) is 0 Å². The average molecular weight is 548 g/mol. The van der Waals surface area contributed by atoms with Crippen LogP contribution in [0.5, 0.6) is 0 Å². The minimum atomic E-state index is -0.602. The molecule has 0 radical (unpaired) electrons. The van der Waals surface area contributed by atoms with Gasteiger partial charge in [0.1, 0.15) is 0 Å².